The van der Waals surface area contributed by atoms with E-state index in [0.29, 0.717) is 51.6 Å². The maximum Gasteiger partial charge on any atom is 0.228 e. The average Bonchev–Trinajstić information content (AvgIpc) is 2.60. The van der Waals surface area contributed by atoms with E-state index in [-0.39, 0.29) is 17.2 Å². The van der Waals surface area contributed by atoms with E-state index >= 15 is 0 Å². The summed E-state index contributed by atoms with van der Waals surface area (Å²) >= 11 is 0. The summed E-state index contributed by atoms with van der Waals surface area (Å²) in [6.45, 7) is 9.25. The Balaban J connectivity index is 1.56. The van der Waals surface area contributed by atoms with Gasteiger partial charge in [0.1, 0.15) is 13.2 Å². The Morgan fingerprint density at radius 2 is 1.56 bits per heavy atom. The van der Waals surface area contributed by atoms with Gasteiger partial charge in [0, 0.05) is 31.6 Å². The molecule has 1 saturated heterocycles. The van der Waals surface area contributed by atoms with E-state index in [1.54, 1.807) is 0 Å². The Morgan fingerprint density at radius 3 is 2.20 bits per heavy atom. The van der Waals surface area contributed by atoms with Crippen LogP contribution in [0.1, 0.15) is 26.3 Å². The zero-order valence-corrected chi connectivity index (χ0v) is 15.2. The first-order chi connectivity index (χ1) is 11.8. The second-order valence-electron chi connectivity index (χ2n) is 7.58. The largest absolute Gasteiger partial charge is 0.486 e. The molecule has 1 aromatic rings. The van der Waals surface area contributed by atoms with E-state index in [1.165, 1.54) is 0 Å². The van der Waals surface area contributed by atoms with Crippen LogP contribution in [0.2, 0.25) is 0 Å². The molecule has 0 radical (unpaired) electrons. The third-order valence-corrected chi connectivity index (χ3v) is 4.52. The van der Waals surface area contributed by atoms with Gasteiger partial charge in [-0.15, -0.1) is 0 Å². The van der Waals surface area contributed by atoms with Crippen molar-refractivity contribution >= 4 is 11.8 Å². The summed E-state index contributed by atoms with van der Waals surface area (Å²) in [7, 11) is 0. The third kappa shape index (κ3) is 4.06. The third-order valence-electron chi connectivity index (χ3n) is 4.52. The van der Waals surface area contributed by atoms with E-state index in [1.807, 2.05) is 48.8 Å². The van der Waals surface area contributed by atoms with Gasteiger partial charge in [0.25, 0.3) is 0 Å². The molecule has 0 aromatic heterocycles. The molecule has 0 atom stereocenters. The highest BCUT2D eigenvalue weighted by Gasteiger charge is 2.30. The number of amides is 2. The second-order valence-corrected chi connectivity index (χ2v) is 7.58. The Kier molecular flexibility index (Phi) is 4.88. The number of benzene rings is 1. The monoisotopic (exact) mass is 346 g/mol. The Hall–Kier alpha value is -2.24. The van der Waals surface area contributed by atoms with E-state index in [0.717, 1.165) is 11.3 Å². The number of ether oxygens (including phenoxy) is 2. The van der Waals surface area contributed by atoms with E-state index in [9.17, 15) is 9.59 Å². The minimum atomic E-state index is -0.378. The number of hydrogen-bond acceptors (Lipinski definition) is 4. The molecule has 2 amide bonds. The van der Waals surface area contributed by atoms with Crippen LogP contribution in [-0.2, 0) is 16.0 Å². The fraction of sp³-hybridized carbons (Fsp3) is 0.579. The van der Waals surface area contributed by atoms with Crippen LogP contribution in [-0.4, -0.2) is 61.0 Å². The summed E-state index contributed by atoms with van der Waals surface area (Å²) in [5.74, 6) is 1.67. The first-order valence-corrected chi connectivity index (χ1v) is 8.80. The predicted molar refractivity (Wildman–Crippen MR) is 93.8 cm³/mol. The number of piperazine rings is 1. The number of carbonyl (C=O) groups is 2. The molecule has 0 N–H and O–H groups in total. The normalized spacial score (nSPS) is 17.4. The fourth-order valence-electron chi connectivity index (χ4n) is 3.12. The lowest BCUT2D eigenvalue weighted by Gasteiger charge is -2.37. The van der Waals surface area contributed by atoms with Gasteiger partial charge in [-0.25, -0.2) is 0 Å². The highest BCUT2D eigenvalue weighted by atomic mass is 16.6. The van der Waals surface area contributed by atoms with Gasteiger partial charge < -0.3 is 19.3 Å². The molecule has 6 heteroatoms. The molecule has 0 bridgehead atoms. The quantitative estimate of drug-likeness (QED) is 0.818. The first kappa shape index (κ1) is 17.6. The van der Waals surface area contributed by atoms with Crippen molar-refractivity contribution < 1.29 is 19.1 Å². The minimum absolute atomic E-state index is 0.0829. The SMILES string of the molecule is CC(C)(C)C(=O)N1CCN(C(=O)Cc2ccc3c(c2)OCCO3)CC1. The van der Waals surface area contributed by atoms with Crippen LogP contribution in [0.3, 0.4) is 0 Å². The van der Waals surface area contributed by atoms with Crippen molar-refractivity contribution in [3.05, 3.63) is 23.8 Å². The molecule has 6 nitrogen and oxygen atoms in total. The molecule has 1 aromatic carbocycles. The van der Waals surface area contributed by atoms with Crippen LogP contribution in [0.5, 0.6) is 11.5 Å². The summed E-state index contributed by atoms with van der Waals surface area (Å²) in [5.41, 5.74) is 0.541. The summed E-state index contributed by atoms with van der Waals surface area (Å²) in [6, 6.07) is 5.65. The highest BCUT2D eigenvalue weighted by molar-refractivity contribution is 5.82. The second kappa shape index (κ2) is 6.94. The van der Waals surface area contributed by atoms with Gasteiger partial charge in [-0.1, -0.05) is 26.8 Å². The van der Waals surface area contributed by atoms with Crippen molar-refractivity contribution in [3.8, 4) is 11.5 Å². The van der Waals surface area contributed by atoms with Gasteiger partial charge in [-0.3, -0.25) is 9.59 Å². The Bertz CT molecular complexity index is 658. The number of fused-ring (bicyclic) bond motifs is 1. The summed E-state index contributed by atoms with van der Waals surface area (Å²) in [6.07, 6.45) is 0.337. The smallest absolute Gasteiger partial charge is 0.228 e. The molecule has 0 unspecified atom stereocenters. The highest BCUT2D eigenvalue weighted by Crippen LogP contribution is 2.31. The lowest BCUT2D eigenvalue weighted by Crippen LogP contribution is -2.53. The van der Waals surface area contributed by atoms with Crippen LogP contribution in [0.25, 0.3) is 0 Å². The molecule has 0 spiro atoms. The van der Waals surface area contributed by atoms with Gasteiger partial charge in [0.15, 0.2) is 11.5 Å². The van der Waals surface area contributed by atoms with Gasteiger partial charge >= 0.3 is 0 Å². The zero-order valence-electron chi connectivity index (χ0n) is 15.2. The molecular formula is C19H26N2O4. The lowest BCUT2D eigenvalue weighted by molar-refractivity contribution is -0.144. The van der Waals surface area contributed by atoms with Crippen molar-refractivity contribution in [2.24, 2.45) is 5.41 Å². The van der Waals surface area contributed by atoms with E-state index in [2.05, 4.69) is 0 Å². The van der Waals surface area contributed by atoms with Crippen molar-refractivity contribution in [2.75, 3.05) is 39.4 Å². The summed E-state index contributed by atoms with van der Waals surface area (Å²) < 4.78 is 11.1. The molecule has 2 heterocycles. The molecule has 0 saturated carbocycles. The number of carbonyl (C=O) groups excluding carboxylic acids is 2. The average molecular weight is 346 g/mol. The molecular weight excluding hydrogens is 320 g/mol. The molecule has 3 rings (SSSR count). The number of hydrogen-bond donors (Lipinski definition) is 0. The lowest BCUT2D eigenvalue weighted by atomic mass is 9.94. The molecule has 25 heavy (non-hydrogen) atoms. The van der Waals surface area contributed by atoms with Crippen molar-refractivity contribution in [1.82, 2.24) is 9.80 Å². The Morgan fingerprint density at radius 1 is 0.960 bits per heavy atom. The molecule has 136 valence electrons. The van der Waals surface area contributed by atoms with Crippen LogP contribution in [0.15, 0.2) is 18.2 Å². The Labute approximate surface area is 148 Å². The molecule has 2 aliphatic rings. The maximum absolute atomic E-state index is 12.6. The first-order valence-electron chi connectivity index (χ1n) is 8.80. The van der Waals surface area contributed by atoms with Gasteiger partial charge in [-0.05, 0) is 17.7 Å². The standard InChI is InChI=1S/C19H26N2O4/c1-19(2,3)18(23)21-8-6-20(7-9-21)17(22)13-14-4-5-15-16(12-14)25-11-10-24-15/h4-5,12H,6-11,13H2,1-3H3. The molecule has 1 fully saturated rings. The minimum Gasteiger partial charge on any atom is -0.486 e. The summed E-state index contributed by atoms with van der Waals surface area (Å²) in [4.78, 5) is 28.6. The van der Waals surface area contributed by atoms with Crippen LogP contribution < -0.4 is 9.47 Å². The summed E-state index contributed by atoms with van der Waals surface area (Å²) in [5, 5.41) is 0. The van der Waals surface area contributed by atoms with Crippen LogP contribution in [0, 0.1) is 5.41 Å². The van der Waals surface area contributed by atoms with Gasteiger partial charge in [-0.2, -0.15) is 0 Å². The van der Waals surface area contributed by atoms with E-state index in [4.69, 9.17) is 9.47 Å². The van der Waals surface area contributed by atoms with Crippen LogP contribution in [0.4, 0.5) is 0 Å². The van der Waals surface area contributed by atoms with E-state index < -0.39 is 0 Å². The maximum atomic E-state index is 12.6. The predicted octanol–water partition coefficient (Wildman–Crippen LogP) is 1.72. The molecule has 0 aliphatic carbocycles. The van der Waals surface area contributed by atoms with Gasteiger partial charge in [0.2, 0.25) is 11.8 Å². The fourth-order valence-corrected chi connectivity index (χ4v) is 3.12. The van der Waals surface area contributed by atoms with Crippen molar-refractivity contribution in [1.29, 1.82) is 0 Å². The number of rotatable bonds is 2. The van der Waals surface area contributed by atoms with Crippen molar-refractivity contribution in [2.45, 2.75) is 27.2 Å². The van der Waals surface area contributed by atoms with Gasteiger partial charge in [0.05, 0.1) is 6.42 Å². The van der Waals surface area contributed by atoms with Crippen LogP contribution >= 0.6 is 0 Å². The number of nitrogens with zero attached hydrogens (tertiary/aromatic N) is 2. The topological polar surface area (TPSA) is 59.1 Å². The zero-order chi connectivity index (χ0) is 18.0. The molecule has 2 aliphatic heterocycles. The van der Waals surface area contributed by atoms with Crippen molar-refractivity contribution in [3.63, 3.8) is 0 Å².